The van der Waals surface area contributed by atoms with E-state index in [1.165, 1.54) is 0 Å². The maximum Gasteiger partial charge on any atom is 0.242 e. The van der Waals surface area contributed by atoms with Gasteiger partial charge in [-0.2, -0.15) is 5.10 Å². The first-order chi connectivity index (χ1) is 13.4. The Labute approximate surface area is 170 Å². The summed E-state index contributed by atoms with van der Waals surface area (Å²) in [6.45, 7) is 0. The summed E-state index contributed by atoms with van der Waals surface area (Å²) >= 11 is 12.6. The summed E-state index contributed by atoms with van der Waals surface area (Å²) in [5, 5.41) is 8.31. The van der Waals surface area contributed by atoms with Crippen LogP contribution in [0.3, 0.4) is 0 Å². The molecule has 1 N–H and O–H groups in total. The number of carbonyl (C=O) groups excluding carboxylic acids is 2. The van der Waals surface area contributed by atoms with Crippen molar-refractivity contribution in [2.45, 2.75) is 11.8 Å². The number of rotatable bonds is 1. The first-order valence-electron chi connectivity index (χ1n) is 8.65. The number of likely N-dealkylation sites (N-methyl/N-ethyl adjacent to an activating group) is 1. The van der Waals surface area contributed by atoms with E-state index in [2.05, 4.69) is 10.4 Å². The Bertz CT molecular complexity index is 1170. The lowest BCUT2D eigenvalue weighted by Gasteiger charge is -2.32. The third kappa shape index (κ3) is 2.13. The minimum atomic E-state index is -1.16. The van der Waals surface area contributed by atoms with Crippen LogP contribution < -0.4 is 10.2 Å². The number of hydrogen-bond donors (Lipinski definition) is 1. The van der Waals surface area contributed by atoms with Gasteiger partial charge in [0.05, 0.1) is 16.9 Å². The summed E-state index contributed by atoms with van der Waals surface area (Å²) < 4.78 is 1.56. The van der Waals surface area contributed by atoms with Gasteiger partial charge in [-0.05, 0) is 35.9 Å². The zero-order chi connectivity index (χ0) is 19.6. The van der Waals surface area contributed by atoms with Gasteiger partial charge in [-0.15, -0.1) is 0 Å². The lowest BCUT2D eigenvalue weighted by atomic mass is 9.72. The van der Waals surface area contributed by atoms with E-state index in [9.17, 15) is 9.59 Å². The molecule has 0 fully saturated rings. The maximum absolute atomic E-state index is 13.4. The highest BCUT2D eigenvalue weighted by molar-refractivity contribution is 6.32. The minimum Gasteiger partial charge on any atom is -0.314 e. The summed E-state index contributed by atoms with van der Waals surface area (Å²) in [4.78, 5) is 27.7. The lowest BCUT2D eigenvalue weighted by molar-refractivity contribution is -0.126. The fraction of sp³-hybridized carbons (Fsp3) is 0.150. The summed E-state index contributed by atoms with van der Waals surface area (Å²) in [7, 11) is 1.70. The second-order valence-electron chi connectivity index (χ2n) is 6.93. The molecule has 2 amide bonds. The van der Waals surface area contributed by atoms with Crippen LogP contribution in [0.5, 0.6) is 0 Å². The highest BCUT2D eigenvalue weighted by atomic mass is 35.5. The lowest BCUT2D eigenvalue weighted by Crippen LogP contribution is -2.45. The molecule has 28 heavy (non-hydrogen) atoms. The van der Waals surface area contributed by atoms with Crippen LogP contribution in [0.1, 0.15) is 17.5 Å². The Balaban J connectivity index is 1.81. The molecule has 1 atom stereocenters. The topological polar surface area (TPSA) is 67.2 Å². The van der Waals surface area contributed by atoms with Crippen LogP contribution in [0, 0.1) is 0 Å². The molecule has 0 aliphatic carbocycles. The number of halogens is 2. The molecule has 3 heterocycles. The van der Waals surface area contributed by atoms with Gasteiger partial charge in [0, 0.05) is 29.7 Å². The van der Waals surface area contributed by atoms with Crippen LogP contribution in [0.4, 0.5) is 11.5 Å². The van der Waals surface area contributed by atoms with Gasteiger partial charge in [-0.1, -0.05) is 35.3 Å². The van der Waals surface area contributed by atoms with Crippen LogP contribution in [0.15, 0.2) is 48.7 Å². The zero-order valence-electron chi connectivity index (χ0n) is 14.7. The van der Waals surface area contributed by atoms with Gasteiger partial charge in [0.2, 0.25) is 11.8 Å². The van der Waals surface area contributed by atoms with Crippen LogP contribution in [-0.2, 0) is 15.0 Å². The molecule has 1 spiro atoms. The molecular weight excluding hydrogens is 399 g/mol. The predicted molar refractivity (Wildman–Crippen MR) is 107 cm³/mol. The molecule has 2 aliphatic heterocycles. The molecule has 0 radical (unpaired) electrons. The Morgan fingerprint density at radius 1 is 1.07 bits per heavy atom. The van der Waals surface area contributed by atoms with Crippen LogP contribution in [-0.4, -0.2) is 28.6 Å². The molecule has 8 heteroatoms. The van der Waals surface area contributed by atoms with Crippen molar-refractivity contribution >= 4 is 46.5 Å². The van der Waals surface area contributed by atoms with Crippen molar-refractivity contribution in [2.24, 2.45) is 0 Å². The van der Waals surface area contributed by atoms with E-state index in [-0.39, 0.29) is 18.2 Å². The second-order valence-corrected chi connectivity index (χ2v) is 7.77. The number of benzene rings is 2. The summed E-state index contributed by atoms with van der Waals surface area (Å²) in [6.07, 6.45) is 1.62. The van der Waals surface area contributed by atoms with E-state index >= 15 is 0 Å². The Morgan fingerprint density at radius 3 is 2.64 bits per heavy atom. The van der Waals surface area contributed by atoms with Gasteiger partial charge in [0.25, 0.3) is 0 Å². The number of nitrogens with zero attached hydrogens (tertiary/aromatic N) is 3. The fourth-order valence-corrected chi connectivity index (χ4v) is 4.57. The number of aromatic nitrogens is 2. The summed E-state index contributed by atoms with van der Waals surface area (Å²) in [5.74, 6) is -0.00520. The summed E-state index contributed by atoms with van der Waals surface area (Å²) in [6, 6.07) is 12.5. The van der Waals surface area contributed by atoms with E-state index in [1.54, 1.807) is 53.2 Å². The first kappa shape index (κ1) is 17.3. The number of para-hydroxylation sites is 1. The normalized spacial score (nSPS) is 20.3. The molecule has 0 saturated carbocycles. The number of nitrogens with one attached hydrogen (secondary N) is 1. The maximum atomic E-state index is 13.4. The van der Waals surface area contributed by atoms with E-state index in [4.69, 9.17) is 23.2 Å². The van der Waals surface area contributed by atoms with E-state index in [1.807, 2.05) is 12.1 Å². The summed E-state index contributed by atoms with van der Waals surface area (Å²) in [5.41, 5.74) is 1.53. The standard InChI is InChI=1S/C20H14Cl2N4O2/c1-25-15-7-6-11(21)8-12(15)20(19(25)28)9-17(27)24-18-13(20)10-23-26(18)16-5-3-2-4-14(16)22/h2-8,10H,9H2,1H3,(H,24,27). The quantitative estimate of drug-likeness (QED) is 0.660. The third-order valence-electron chi connectivity index (χ3n) is 5.44. The monoisotopic (exact) mass is 412 g/mol. The van der Waals surface area contributed by atoms with Crippen molar-refractivity contribution < 1.29 is 9.59 Å². The molecule has 6 nitrogen and oxygen atoms in total. The van der Waals surface area contributed by atoms with Crippen molar-refractivity contribution in [3.05, 3.63) is 69.8 Å². The average molecular weight is 413 g/mol. The molecular formula is C20H14Cl2N4O2. The van der Waals surface area contributed by atoms with Crippen LogP contribution >= 0.6 is 23.2 Å². The first-order valence-corrected chi connectivity index (χ1v) is 9.40. The van der Waals surface area contributed by atoms with Crippen molar-refractivity contribution in [1.29, 1.82) is 0 Å². The zero-order valence-corrected chi connectivity index (χ0v) is 16.3. The number of hydrogen-bond acceptors (Lipinski definition) is 3. The van der Waals surface area contributed by atoms with E-state index in [0.29, 0.717) is 32.7 Å². The van der Waals surface area contributed by atoms with Crippen molar-refractivity contribution in [3.63, 3.8) is 0 Å². The molecule has 1 aromatic heterocycles. The molecule has 0 saturated heterocycles. The largest absolute Gasteiger partial charge is 0.314 e. The number of carbonyl (C=O) groups is 2. The van der Waals surface area contributed by atoms with Gasteiger partial charge in [0.15, 0.2) is 0 Å². The molecule has 140 valence electrons. The Hall–Kier alpha value is -2.83. The third-order valence-corrected chi connectivity index (χ3v) is 6.00. The number of amides is 2. The number of fused-ring (bicyclic) bond motifs is 4. The molecule has 3 aromatic rings. The fourth-order valence-electron chi connectivity index (χ4n) is 4.18. The Kier molecular flexibility index (Phi) is 3.60. The van der Waals surface area contributed by atoms with Crippen molar-refractivity contribution in [1.82, 2.24) is 9.78 Å². The van der Waals surface area contributed by atoms with Gasteiger partial charge < -0.3 is 10.2 Å². The molecule has 1 unspecified atom stereocenters. The molecule has 0 bridgehead atoms. The van der Waals surface area contributed by atoms with Crippen LogP contribution in [0.2, 0.25) is 10.0 Å². The van der Waals surface area contributed by atoms with Gasteiger partial charge in [0.1, 0.15) is 11.2 Å². The van der Waals surface area contributed by atoms with Gasteiger partial charge >= 0.3 is 0 Å². The Morgan fingerprint density at radius 2 is 1.86 bits per heavy atom. The van der Waals surface area contributed by atoms with Crippen molar-refractivity contribution in [2.75, 3.05) is 17.3 Å². The van der Waals surface area contributed by atoms with Crippen molar-refractivity contribution in [3.8, 4) is 5.69 Å². The smallest absolute Gasteiger partial charge is 0.242 e. The molecule has 5 rings (SSSR count). The minimum absolute atomic E-state index is 0.00920. The van der Waals surface area contributed by atoms with Gasteiger partial charge in [-0.3, -0.25) is 9.59 Å². The molecule has 2 aromatic carbocycles. The van der Waals surface area contributed by atoms with Crippen LogP contribution in [0.25, 0.3) is 5.69 Å². The SMILES string of the molecule is CN1C(=O)C2(CC(=O)Nc3c2cnn3-c2ccccc2Cl)c2cc(Cl)ccc21. The predicted octanol–water partition coefficient (Wildman–Crippen LogP) is 3.78. The highest BCUT2D eigenvalue weighted by Crippen LogP contribution is 2.52. The van der Waals surface area contributed by atoms with E-state index < -0.39 is 5.41 Å². The highest BCUT2D eigenvalue weighted by Gasteiger charge is 2.56. The second kappa shape index (κ2) is 5.83. The molecule has 2 aliphatic rings. The van der Waals surface area contributed by atoms with E-state index in [0.717, 1.165) is 5.69 Å². The number of anilines is 2. The average Bonchev–Trinajstić information content (AvgIpc) is 3.17. The van der Waals surface area contributed by atoms with Gasteiger partial charge in [-0.25, -0.2) is 4.68 Å².